The number of hydrogen-bond donors (Lipinski definition) is 3. The molecule has 0 saturated heterocycles. The van der Waals surface area contributed by atoms with Crippen LogP contribution in [0.25, 0.3) is 0 Å². The number of aliphatic hydroxyl groups is 2. The molecule has 5 saturated carbocycles. The summed E-state index contributed by atoms with van der Waals surface area (Å²) < 4.78 is 0. The summed E-state index contributed by atoms with van der Waals surface area (Å²) in [6, 6.07) is 0. The van der Waals surface area contributed by atoms with Crippen molar-refractivity contribution < 1.29 is 20.1 Å². The molecule has 10 atom stereocenters. The molecule has 0 aromatic rings. The molecule has 0 spiro atoms. The van der Waals surface area contributed by atoms with Gasteiger partial charge in [0.2, 0.25) is 0 Å². The van der Waals surface area contributed by atoms with Gasteiger partial charge < -0.3 is 15.3 Å². The Kier molecular flexibility index (Phi) is 7.12. The highest BCUT2D eigenvalue weighted by atomic mass is 16.4. The topological polar surface area (TPSA) is 77.8 Å². The lowest BCUT2D eigenvalue weighted by Gasteiger charge is -2.72. The van der Waals surface area contributed by atoms with Gasteiger partial charge in [-0.3, -0.25) is 4.79 Å². The van der Waals surface area contributed by atoms with Gasteiger partial charge >= 0.3 is 5.97 Å². The van der Waals surface area contributed by atoms with E-state index in [-0.39, 0.29) is 40.3 Å². The van der Waals surface area contributed by atoms with Crippen LogP contribution in [-0.2, 0) is 4.79 Å². The number of carboxylic acid groups (broad SMARTS) is 1. The van der Waals surface area contributed by atoms with Crippen molar-refractivity contribution in [3.63, 3.8) is 0 Å². The summed E-state index contributed by atoms with van der Waals surface area (Å²) in [4.78, 5) is 12.8. The third-order valence-corrected chi connectivity index (χ3v) is 13.5. The van der Waals surface area contributed by atoms with Gasteiger partial charge in [0.15, 0.2) is 0 Å². The van der Waals surface area contributed by atoms with Gasteiger partial charge in [-0.05, 0) is 129 Å². The molecule has 0 aromatic carbocycles. The molecule has 0 heterocycles. The number of carbonyl (C=O) groups is 1. The van der Waals surface area contributed by atoms with Crippen LogP contribution in [0.1, 0.15) is 113 Å². The minimum Gasteiger partial charge on any atom is -0.481 e. The van der Waals surface area contributed by atoms with Gasteiger partial charge in [-0.1, -0.05) is 46.8 Å². The van der Waals surface area contributed by atoms with Crippen LogP contribution in [-0.4, -0.2) is 34.0 Å². The Morgan fingerprint density at radius 2 is 1.50 bits per heavy atom. The second-order valence-corrected chi connectivity index (χ2v) is 14.8. The number of aliphatic carboxylic acids is 1. The van der Waals surface area contributed by atoms with E-state index in [1.54, 1.807) is 6.92 Å². The Bertz CT molecular complexity index is 879. The number of allylic oxidation sites excluding steroid dienone is 1. The third-order valence-electron chi connectivity index (χ3n) is 13.5. The fraction of sp³-hybridized carbons (Fsp3) is 0.906. The van der Waals surface area contributed by atoms with E-state index in [2.05, 4.69) is 48.1 Å². The predicted octanol–water partition coefficient (Wildman–Crippen LogP) is 7.09. The second kappa shape index (κ2) is 9.11. The van der Waals surface area contributed by atoms with Gasteiger partial charge in [0.1, 0.15) is 0 Å². The Hall–Kier alpha value is -0.870. The fourth-order valence-corrected chi connectivity index (χ4v) is 11.5. The maximum Gasteiger partial charge on any atom is 0.309 e. The molecule has 0 bridgehead atoms. The molecule has 0 radical (unpaired) electrons. The number of carboxylic acids is 1. The molecule has 0 aromatic heterocycles. The average Bonchev–Trinajstić information content (AvgIpc) is 3.19. The van der Waals surface area contributed by atoms with Crippen LogP contribution in [0, 0.1) is 56.7 Å². The van der Waals surface area contributed by atoms with Crippen molar-refractivity contribution >= 4 is 5.97 Å². The van der Waals surface area contributed by atoms with Crippen molar-refractivity contribution in [2.24, 2.45) is 56.7 Å². The molecule has 206 valence electrons. The Labute approximate surface area is 220 Å². The van der Waals surface area contributed by atoms with Gasteiger partial charge in [0.25, 0.3) is 0 Å². The van der Waals surface area contributed by atoms with E-state index in [0.29, 0.717) is 23.7 Å². The molecule has 5 rings (SSSR count). The lowest BCUT2D eigenvalue weighted by atomic mass is 9.32. The standard InChI is InChI=1S/C30H48O3.C2H6O/c1-18(2)19-10-15-30(25(32)33)17-16-28(6)20(24(19)30)8-9-22-27(5)13-12-23(31)26(3,4)21(27)11-14-29(22,28)7;1-2-3/h19-24,31H,1,8-17H2,2-7H3,(H,32,33);3H,2H2,1H3/t19-,20?,21?,22+,23-,24?,27-,28+,29+,30-;/m0./s1. The van der Waals surface area contributed by atoms with E-state index in [1.807, 2.05) is 0 Å². The summed E-state index contributed by atoms with van der Waals surface area (Å²) in [5.74, 6) is 1.79. The third kappa shape index (κ3) is 3.55. The second-order valence-electron chi connectivity index (χ2n) is 14.8. The molecule has 0 aliphatic heterocycles. The average molecular weight is 503 g/mol. The van der Waals surface area contributed by atoms with Gasteiger partial charge in [-0.25, -0.2) is 0 Å². The molecule has 3 N–H and O–H groups in total. The minimum absolute atomic E-state index is 0.0202. The predicted molar refractivity (Wildman–Crippen MR) is 145 cm³/mol. The molecule has 5 aliphatic carbocycles. The van der Waals surface area contributed by atoms with Crippen molar-refractivity contribution in [3.05, 3.63) is 12.2 Å². The van der Waals surface area contributed by atoms with Crippen LogP contribution in [0.4, 0.5) is 0 Å². The van der Waals surface area contributed by atoms with Crippen molar-refractivity contribution in [1.82, 2.24) is 0 Å². The van der Waals surface area contributed by atoms with Crippen molar-refractivity contribution in [1.29, 1.82) is 0 Å². The van der Waals surface area contributed by atoms with E-state index in [1.165, 1.54) is 31.3 Å². The number of rotatable bonds is 2. The molecule has 5 fully saturated rings. The zero-order valence-corrected chi connectivity index (χ0v) is 24.2. The highest BCUT2D eigenvalue weighted by Gasteiger charge is 2.71. The van der Waals surface area contributed by atoms with Gasteiger partial charge in [0.05, 0.1) is 11.5 Å². The van der Waals surface area contributed by atoms with Crippen LogP contribution in [0.15, 0.2) is 12.2 Å². The largest absolute Gasteiger partial charge is 0.481 e. The monoisotopic (exact) mass is 502 g/mol. The minimum atomic E-state index is -0.538. The van der Waals surface area contributed by atoms with E-state index < -0.39 is 11.4 Å². The fourth-order valence-electron chi connectivity index (χ4n) is 11.5. The van der Waals surface area contributed by atoms with Crippen molar-refractivity contribution in [2.45, 2.75) is 119 Å². The Balaban J connectivity index is 0.000000967. The summed E-state index contributed by atoms with van der Waals surface area (Å²) in [6.07, 6.45) is 10.5. The number of fused-ring (bicyclic) bond motifs is 7. The maximum atomic E-state index is 12.8. The normalized spacial score (nSPS) is 50.9. The molecule has 3 unspecified atom stereocenters. The Morgan fingerprint density at radius 1 is 0.861 bits per heavy atom. The highest BCUT2D eigenvalue weighted by molar-refractivity contribution is 5.76. The summed E-state index contributed by atoms with van der Waals surface area (Å²) in [6.45, 7) is 20.8. The van der Waals surface area contributed by atoms with Crippen LogP contribution in [0.2, 0.25) is 0 Å². The quantitative estimate of drug-likeness (QED) is 0.352. The summed E-state index contributed by atoms with van der Waals surface area (Å²) >= 11 is 0. The SMILES string of the molecule is C=C(C)[C@@H]1CC[C@]2(C(=O)O)CC[C@]3(C)C(CC[C@@H]4[C@@]5(C)CC[C@H](O)C(C)(C)C5CC[C@]43C)C12.CCO. The molecular weight excluding hydrogens is 448 g/mol. The highest BCUT2D eigenvalue weighted by Crippen LogP contribution is 2.77. The van der Waals surface area contributed by atoms with E-state index >= 15 is 0 Å². The van der Waals surface area contributed by atoms with Crippen LogP contribution in [0.3, 0.4) is 0 Å². The zero-order chi connectivity index (χ0) is 26.9. The molecule has 5 aliphatic rings. The first-order valence-corrected chi connectivity index (χ1v) is 14.8. The number of aliphatic hydroxyl groups excluding tert-OH is 2. The molecular formula is C32H54O4. The van der Waals surface area contributed by atoms with Crippen molar-refractivity contribution in [3.8, 4) is 0 Å². The lowest BCUT2D eigenvalue weighted by Crippen LogP contribution is -2.67. The first-order chi connectivity index (χ1) is 16.7. The summed E-state index contributed by atoms with van der Waals surface area (Å²) in [5.41, 5.74) is 1.35. The number of hydrogen-bond acceptors (Lipinski definition) is 3. The van der Waals surface area contributed by atoms with E-state index in [4.69, 9.17) is 5.11 Å². The maximum absolute atomic E-state index is 12.8. The van der Waals surface area contributed by atoms with E-state index in [0.717, 1.165) is 38.5 Å². The summed E-state index contributed by atoms with van der Waals surface area (Å²) in [5, 5.41) is 29.0. The van der Waals surface area contributed by atoms with Crippen molar-refractivity contribution in [2.75, 3.05) is 6.61 Å². The van der Waals surface area contributed by atoms with Crippen LogP contribution < -0.4 is 0 Å². The lowest BCUT2D eigenvalue weighted by molar-refractivity contribution is -0.248. The van der Waals surface area contributed by atoms with Gasteiger partial charge in [0, 0.05) is 6.61 Å². The molecule has 4 nitrogen and oxygen atoms in total. The zero-order valence-electron chi connectivity index (χ0n) is 24.2. The van der Waals surface area contributed by atoms with Crippen LogP contribution >= 0.6 is 0 Å². The molecule has 0 amide bonds. The first-order valence-electron chi connectivity index (χ1n) is 14.8. The molecule has 36 heavy (non-hydrogen) atoms. The van der Waals surface area contributed by atoms with Crippen LogP contribution in [0.5, 0.6) is 0 Å². The first kappa shape index (κ1) is 28.1. The van der Waals surface area contributed by atoms with Gasteiger partial charge in [-0.2, -0.15) is 0 Å². The summed E-state index contributed by atoms with van der Waals surface area (Å²) in [7, 11) is 0. The smallest absolute Gasteiger partial charge is 0.309 e. The van der Waals surface area contributed by atoms with E-state index in [9.17, 15) is 15.0 Å². The van der Waals surface area contributed by atoms with Gasteiger partial charge in [-0.15, -0.1) is 0 Å². The Morgan fingerprint density at radius 3 is 2.08 bits per heavy atom. The molecule has 4 heteroatoms.